The third kappa shape index (κ3) is 2.66. The standard InChI is InChI=1S/C14H24N4O/c1-10-14(11(2)17(3)16-10)12-6-5-9-18(12)13(19)7-4-8-15/h12H,4-9,15H2,1-3H3. The van der Waals surface area contributed by atoms with E-state index in [1.54, 1.807) is 0 Å². The van der Waals surface area contributed by atoms with Crippen molar-refractivity contribution in [2.45, 2.75) is 45.6 Å². The molecule has 1 amide bonds. The van der Waals surface area contributed by atoms with Crippen LogP contribution in [0.15, 0.2) is 0 Å². The second kappa shape index (κ2) is 5.74. The van der Waals surface area contributed by atoms with Crippen molar-refractivity contribution in [1.82, 2.24) is 14.7 Å². The van der Waals surface area contributed by atoms with Crippen LogP contribution in [0.25, 0.3) is 0 Å². The molecular weight excluding hydrogens is 240 g/mol. The lowest BCUT2D eigenvalue weighted by Crippen LogP contribution is -2.31. The summed E-state index contributed by atoms with van der Waals surface area (Å²) in [5.41, 5.74) is 8.94. The van der Waals surface area contributed by atoms with Gasteiger partial charge in [-0.25, -0.2) is 0 Å². The van der Waals surface area contributed by atoms with E-state index in [9.17, 15) is 4.79 Å². The maximum atomic E-state index is 12.3. The Morgan fingerprint density at radius 3 is 2.79 bits per heavy atom. The average molecular weight is 264 g/mol. The van der Waals surface area contributed by atoms with Crippen molar-refractivity contribution < 1.29 is 4.79 Å². The third-order valence-electron chi connectivity index (χ3n) is 4.07. The molecule has 5 nitrogen and oxygen atoms in total. The van der Waals surface area contributed by atoms with Gasteiger partial charge in [0.15, 0.2) is 0 Å². The van der Waals surface area contributed by atoms with Gasteiger partial charge in [-0.1, -0.05) is 0 Å². The van der Waals surface area contributed by atoms with Crippen molar-refractivity contribution in [3.05, 3.63) is 17.0 Å². The van der Waals surface area contributed by atoms with Crippen LogP contribution in [0, 0.1) is 13.8 Å². The van der Waals surface area contributed by atoms with Crippen molar-refractivity contribution in [1.29, 1.82) is 0 Å². The monoisotopic (exact) mass is 264 g/mol. The lowest BCUT2D eigenvalue weighted by molar-refractivity contribution is -0.132. The first-order valence-corrected chi connectivity index (χ1v) is 7.06. The predicted octanol–water partition coefficient (Wildman–Crippen LogP) is 1.44. The van der Waals surface area contributed by atoms with Crippen LogP contribution >= 0.6 is 0 Å². The van der Waals surface area contributed by atoms with Gasteiger partial charge in [0.1, 0.15) is 0 Å². The molecule has 19 heavy (non-hydrogen) atoms. The highest BCUT2D eigenvalue weighted by Gasteiger charge is 2.32. The summed E-state index contributed by atoms with van der Waals surface area (Å²) in [6, 6.07) is 0.207. The van der Waals surface area contributed by atoms with Crippen LogP contribution < -0.4 is 5.73 Å². The number of likely N-dealkylation sites (tertiary alicyclic amines) is 1. The summed E-state index contributed by atoms with van der Waals surface area (Å²) >= 11 is 0. The van der Waals surface area contributed by atoms with Crippen molar-refractivity contribution in [3.8, 4) is 0 Å². The van der Waals surface area contributed by atoms with Crippen LogP contribution in [0.3, 0.4) is 0 Å². The summed E-state index contributed by atoms with van der Waals surface area (Å²) in [5.74, 6) is 0.232. The van der Waals surface area contributed by atoms with E-state index < -0.39 is 0 Å². The van der Waals surface area contributed by atoms with Crippen LogP contribution in [0.4, 0.5) is 0 Å². The third-order valence-corrected chi connectivity index (χ3v) is 4.07. The number of carbonyl (C=O) groups excluding carboxylic acids is 1. The number of amides is 1. The quantitative estimate of drug-likeness (QED) is 0.895. The Labute approximate surface area is 114 Å². The molecular formula is C14H24N4O. The molecule has 1 aromatic rings. The minimum atomic E-state index is 0.207. The Morgan fingerprint density at radius 1 is 1.47 bits per heavy atom. The van der Waals surface area contributed by atoms with Gasteiger partial charge in [-0.05, 0) is 39.7 Å². The maximum absolute atomic E-state index is 12.3. The van der Waals surface area contributed by atoms with Gasteiger partial charge < -0.3 is 10.6 Å². The van der Waals surface area contributed by atoms with Gasteiger partial charge in [0, 0.05) is 31.3 Å². The number of rotatable bonds is 4. The second-order valence-electron chi connectivity index (χ2n) is 5.35. The number of aromatic nitrogens is 2. The highest BCUT2D eigenvalue weighted by atomic mass is 16.2. The maximum Gasteiger partial charge on any atom is 0.223 e. The molecule has 0 saturated carbocycles. The van der Waals surface area contributed by atoms with E-state index in [0.717, 1.165) is 31.5 Å². The van der Waals surface area contributed by atoms with Crippen molar-refractivity contribution in [2.75, 3.05) is 13.1 Å². The molecule has 0 bridgehead atoms. The lowest BCUT2D eigenvalue weighted by Gasteiger charge is -2.25. The fourth-order valence-electron chi connectivity index (χ4n) is 3.03. The molecule has 1 aliphatic heterocycles. The molecule has 0 aliphatic carbocycles. The van der Waals surface area contributed by atoms with Crippen molar-refractivity contribution in [3.63, 3.8) is 0 Å². The Balaban J connectivity index is 2.21. The summed E-state index contributed by atoms with van der Waals surface area (Å²) in [7, 11) is 1.96. The van der Waals surface area contributed by atoms with Crippen LogP contribution in [-0.4, -0.2) is 33.7 Å². The largest absolute Gasteiger partial charge is 0.336 e. The van der Waals surface area contributed by atoms with E-state index in [1.807, 2.05) is 23.6 Å². The number of carbonyl (C=O) groups is 1. The van der Waals surface area contributed by atoms with Gasteiger partial charge in [0.05, 0.1) is 11.7 Å². The molecule has 1 aliphatic rings. The molecule has 0 aromatic carbocycles. The molecule has 0 spiro atoms. The molecule has 0 radical (unpaired) electrons. The Morgan fingerprint density at radius 2 is 2.21 bits per heavy atom. The highest BCUT2D eigenvalue weighted by molar-refractivity contribution is 5.77. The summed E-state index contributed by atoms with van der Waals surface area (Å²) in [4.78, 5) is 14.3. The number of nitrogens with zero attached hydrogens (tertiary/aromatic N) is 3. The second-order valence-corrected chi connectivity index (χ2v) is 5.35. The zero-order valence-corrected chi connectivity index (χ0v) is 12.1. The van der Waals surface area contributed by atoms with Gasteiger partial charge in [-0.2, -0.15) is 5.10 Å². The fraction of sp³-hybridized carbons (Fsp3) is 0.714. The normalized spacial score (nSPS) is 19.2. The van der Waals surface area contributed by atoms with E-state index in [2.05, 4.69) is 12.0 Å². The van der Waals surface area contributed by atoms with Crippen molar-refractivity contribution >= 4 is 5.91 Å². The summed E-state index contributed by atoms with van der Waals surface area (Å²) in [5, 5.41) is 4.47. The molecule has 2 heterocycles. The van der Waals surface area contributed by atoms with Crippen molar-refractivity contribution in [2.24, 2.45) is 12.8 Å². The van der Waals surface area contributed by atoms with E-state index >= 15 is 0 Å². The minimum absolute atomic E-state index is 0.207. The van der Waals surface area contributed by atoms with E-state index in [-0.39, 0.29) is 11.9 Å². The molecule has 5 heteroatoms. The highest BCUT2D eigenvalue weighted by Crippen LogP contribution is 2.35. The first-order chi connectivity index (χ1) is 9.06. The summed E-state index contributed by atoms with van der Waals surface area (Å²) < 4.78 is 1.91. The molecule has 1 saturated heterocycles. The topological polar surface area (TPSA) is 64.2 Å². The number of nitrogens with two attached hydrogens (primary N) is 1. The minimum Gasteiger partial charge on any atom is -0.336 e. The van der Waals surface area contributed by atoms with E-state index in [0.29, 0.717) is 13.0 Å². The van der Waals surface area contributed by atoms with Crippen LogP contribution in [0.1, 0.15) is 48.7 Å². The average Bonchev–Trinajstić information content (AvgIpc) is 2.93. The van der Waals surface area contributed by atoms with Gasteiger partial charge in [-0.3, -0.25) is 9.48 Å². The van der Waals surface area contributed by atoms with Crippen LogP contribution in [0.2, 0.25) is 0 Å². The predicted molar refractivity (Wildman–Crippen MR) is 74.7 cm³/mol. The van der Waals surface area contributed by atoms with Crippen LogP contribution in [-0.2, 0) is 11.8 Å². The Bertz CT molecular complexity index is 466. The number of hydrogen-bond donors (Lipinski definition) is 1. The molecule has 106 valence electrons. The fourth-order valence-corrected chi connectivity index (χ4v) is 3.03. The Hall–Kier alpha value is -1.36. The van der Waals surface area contributed by atoms with Gasteiger partial charge >= 0.3 is 0 Å². The smallest absolute Gasteiger partial charge is 0.223 e. The number of aryl methyl sites for hydroxylation is 2. The van der Waals surface area contributed by atoms with Gasteiger partial charge in [0.2, 0.25) is 5.91 Å². The Kier molecular flexibility index (Phi) is 4.24. The zero-order valence-electron chi connectivity index (χ0n) is 12.1. The molecule has 1 atom stereocenters. The number of hydrogen-bond acceptors (Lipinski definition) is 3. The zero-order chi connectivity index (χ0) is 14.0. The molecule has 1 unspecified atom stereocenters. The van der Waals surface area contributed by atoms with E-state index in [1.165, 1.54) is 11.3 Å². The SMILES string of the molecule is Cc1nn(C)c(C)c1C1CCCN1C(=O)CCCN. The molecule has 1 aromatic heterocycles. The molecule has 2 N–H and O–H groups in total. The van der Waals surface area contributed by atoms with E-state index in [4.69, 9.17) is 5.73 Å². The lowest BCUT2D eigenvalue weighted by atomic mass is 10.0. The summed E-state index contributed by atoms with van der Waals surface area (Å²) in [6.07, 6.45) is 3.45. The van der Waals surface area contributed by atoms with Gasteiger partial charge in [-0.15, -0.1) is 0 Å². The van der Waals surface area contributed by atoms with Gasteiger partial charge in [0.25, 0.3) is 0 Å². The van der Waals surface area contributed by atoms with Crippen LogP contribution in [0.5, 0.6) is 0 Å². The first-order valence-electron chi connectivity index (χ1n) is 7.06. The molecule has 2 rings (SSSR count). The summed E-state index contributed by atoms with van der Waals surface area (Å²) in [6.45, 7) is 5.55. The molecule has 1 fully saturated rings. The first kappa shape index (κ1) is 14.1.